The zero-order valence-electron chi connectivity index (χ0n) is 26.6. The minimum absolute atomic E-state index is 0.00241. The van der Waals surface area contributed by atoms with Crippen molar-refractivity contribution in [2.75, 3.05) is 10.8 Å². The normalized spacial score (nSPS) is 14.2. The van der Waals surface area contributed by atoms with E-state index in [1.54, 1.807) is 54.6 Å². The predicted molar refractivity (Wildman–Crippen MR) is 193 cm³/mol. The lowest BCUT2D eigenvalue weighted by molar-refractivity contribution is -0.140. The lowest BCUT2D eigenvalue weighted by Gasteiger charge is -2.35. The van der Waals surface area contributed by atoms with Crippen LogP contribution in [-0.2, 0) is 32.6 Å². The molecule has 4 aromatic rings. The number of sulfonamides is 1. The summed E-state index contributed by atoms with van der Waals surface area (Å²) in [5, 5.41) is 3.99. The fourth-order valence-electron chi connectivity index (χ4n) is 5.96. The molecule has 4 aromatic carbocycles. The Hall–Kier alpha value is -3.56. The molecular formula is C37H38Cl3N3O4S. The average molecular weight is 727 g/mol. The van der Waals surface area contributed by atoms with Crippen LogP contribution in [0, 0.1) is 6.92 Å². The monoisotopic (exact) mass is 725 g/mol. The van der Waals surface area contributed by atoms with E-state index in [-0.39, 0.29) is 40.5 Å². The molecule has 1 aliphatic rings. The highest BCUT2D eigenvalue weighted by Crippen LogP contribution is 2.32. The molecule has 0 radical (unpaired) electrons. The SMILES string of the molecule is Cc1ccc(S(=O)(=O)N(CC(=O)N(Cc2c(Cl)cccc2Cl)C(Cc2ccccc2)C(=O)NC2CCCCC2)c2ccccc2Cl)cc1. The molecular weight excluding hydrogens is 689 g/mol. The minimum atomic E-state index is -4.29. The van der Waals surface area contributed by atoms with Crippen LogP contribution in [0.3, 0.4) is 0 Å². The molecule has 0 bridgehead atoms. The van der Waals surface area contributed by atoms with E-state index in [4.69, 9.17) is 34.8 Å². The van der Waals surface area contributed by atoms with Crippen LogP contribution in [0.15, 0.2) is 102 Å². The average Bonchev–Trinajstić information content (AvgIpc) is 3.07. The number of carbonyl (C=O) groups excluding carboxylic acids is 2. The van der Waals surface area contributed by atoms with Crippen molar-refractivity contribution < 1.29 is 18.0 Å². The molecule has 0 saturated heterocycles. The zero-order chi connectivity index (χ0) is 34.3. The van der Waals surface area contributed by atoms with Crippen LogP contribution in [0.1, 0.15) is 48.8 Å². The maximum absolute atomic E-state index is 14.7. The highest BCUT2D eigenvalue weighted by molar-refractivity contribution is 7.92. The summed E-state index contributed by atoms with van der Waals surface area (Å²) in [5.41, 5.74) is 2.29. The van der Waals surface area contributed by atoms with Gasteiger partial charge in [-0.05, 0) is 61.7 Å². The summed E-state index contributed by atoms with van der Waals surface area (Å²) in [7, 11) is -4.29. The molecule has 0 heterocycles. The number of aryl methyl sites for hydroxylation is 1. The minimum Gasteiger partial charge on any atom is -0.352 e. The van der Waals surface area contributed by atoms with Crippen LogP contribution in [-0.4, -0.2) is 43.8 Å². The molecule has 1 unspecified atom stereocenters. The van der Waals surface area contributed by atoms with Gasteiger partial charge in [-0.2, -0.15) is 0 Å². The van der Waals surface area contributed by atoms with Gasteiger partial charge in [-0.1, -0.05) is 120 Å². The molecule has 5 rings (SSSR count). The fraction of sp³-hybridized carbons (Fsp3) is 0.297. The number of halogens is 3. The van der Waals surface area contributed by atoms with Crippen molar-refractivity contribution in [2.24, 2.45) is 0 Å². The standard InChI is InChI=1S/C37H38Cl3N3O4S/c1-26-19-21-29(22-20-26)48(46,47)43(34-18-9-8-15-33(34)40)25-36(44)42(24-30-31(38)16-10-17-32(30)39)35(23-27-11-4-2-5-12-27)37(45)41-28-13-6-3-7-14-28/h2,4-5,8-12,15-22,28,35H,3,6-7,13-14,23-25H2,1H3,(H,41,45). The number of nitrogens with one attached hydrogen (secondary N) is 1. The summed E-state index contributed by atoms with van der Waals surface area (Å²) in [6, 6.07) is 26.2. The Morgan fingerprint density at radius 3 is 2.04 bits per heavy atom. The quantitative estimate of drug-likeness (QED) is 0.159. The van der Waals surface area contributed by atoms with Gasteiger partial charge >= 0.3 is 0 Å². The highest BCUT2D eigenvalue weighted by Gasteiger charge is 2.36. The van der Waals surface area contributed by atoms with Gasteiger partial charge in [0.05, 0.1) is 15.6 Å². The summed E-state index contributed by atoms with van der Waals surface area (Å²) in [4.78, 5) is 30.4. The third kappa shape index (κ3) is 8.72. The van der Waals surface area contributed by atoms with E-state index in [1.807, 2.05) is 37.3 Å². The summed E-state index contributed by atoms with van der Waals surface area (Å²) in [6.07, 6.45) is 5.02. The molecule has 7 nitrogen and oxygen atoms in total. The fourth-order valence-corrected chi connectivity index (χ4v) is 8.19. The molecule has 48 heavy (non-hydrogen) atoms. The first-order valence-corrected chi connectivity index (χ1v) is 18.5. The Morgan fingerprint density at radius 1 is 0.792 bits per heavy atom. The highest BCUT2D eigenvalue weighted by atomic mass is 35.5. The first kappa shape index (κ1) is 35.7. The number of carbonyl (C=O) groups is 2. The second-order valence-corrected chi connectivity index (χ2v) is 15.1. The number of para-hydroxylation sites is 1. The van der Waals surface area contributed by atoms with Crippen molar-refractivity contribution in [3.8, 4) is 0 Å². The van der Waals surface area contributed by atoms with Crippen LogP contribution in [0.4, 0.5) is 5.69 Å². The molecule has 1 saturated carbocycles. The van der Waals surface area contributed by atoms with Gasteiger partial charge in [0.15, 0.2) is 0 Å². The molecule has 2 amide bonds. The number of nitrogens with zero attached hydrogens (tertiary/aromatic N) is 2. The molecule has 1 aliphatic carbocycles. The first-order chi connectivity index (χ1) is 23.0. The Morgan fingerprint density at radius 2 is 1.40 bits per heavy atom. The van der Waals surface area contributed by atoms with Gasteiger partial charge in [0.25, 0.3) is 10.0 Å². The van der Waals surface area contributed by atoms with E-state index < -0.39 is 28.5 Å². The predicted octanol–water partition coefficient (Wildman–Crippen LogP) is 8.24. The molecule has 0 aliphatic heterocycles. The van der Waals surface area contributed by atoms with Crippen molar-refractivity contribution in [1.29, 1.82) is 0 Å². The lowest BCUT2D eigenvalue weighted by Crippen LogP contribution is -2.55. The lowest BCUT2D eigenvalue weighted by atomic mass is 9.94. The van der Waals surface area contributed by atoms with Gasteiger partial charge in [-0.15, -0.1) is 0 Å². The van der Waals surface area contributed by atoms with Crippen molar-refractivity contribution >= 4 is 62.3 Å². The van der Waals surface area contributed by atoms with Crippen LogP contribution < -0.4 is 9.62 Å². The van der Waals surface area contributed by atoms with E-state index in [1.165, 1.54) is 17.0 Å². The summed E-state index contributed by atoms with van der Waals surface area (Å²) < 4.78 is 29.5. The number of anilines is 1. The second kappa shape index (κ2) is 16.2. The number of hydrogen-bond acceptors (Lipinski definition) is 4. The number of hydrogen-bond donors (Lipinski definition) is 1. The number of rotatable bonds is 12. The molecule has 11 heteroatoms. The van der Waals surface area contributed by atoms with Gasteiger partial charge in [-0.3, -0.25) is 13.9 Å². The summed E-state index contributed by atoms with van der Waals surface area (Å²) in [6.45, 7) is 1.09. The first-order valence-electron chi connectivity index (χ1n) is 15.9. The number of benzene rings is 4. The van der Waals surface area contributed by atoms with E-state index >= 15 is 0 Å². The molecule has 252 valence electrons. The van der Waals surface area contributed by atoms with Crippen LogP contribution in [0.2, 0.25) is 15.1 Å². The molecule has 0 spiro atoms. The van der Waals surface area contributed by atoms with E-state index in [2.05, 4.69) is 5.32 Å². The summed E-state index contributed by atoms with van der Waals surface area (Å²) >= 11 is 19.8. The van der Waals surface area contributed by atoms with Gasteiger partial charge in [-0.25, -0.2) is 8.42 Å². The smallest absolute Gasteiger partial charge is 0.264 e. The largest absolute Gasteiger partial charge is 0.352 e. The Labute approximate surface area is 297 Å². The van der Waals surface area contributed by atoms with Gasteiger partial charge in [0.1, 0.15) is 12.6 Å². The summed E-state index contributed by atoms with van der Waals surface area (Å²) in [5.74, 6) is -0.950. The van der Waals surface area contributed by atoms with E-state index in [0.717, 1.165) is 47.5 Å². The Bertz CT molecular complexity index is 1810. The third-order valence-electron chi connectivity index (χ3n) is 8.62. The van der Waals surface area contributed by atoms with Gasteiger partial charge in [0, 0.05) is 34.6 Å². The third-order valence-corrected chi connectivity index (χ3v) is 11.4. The Balaban J connectivity index is 1.60. The van der Waals surface area contributed by atoms with Gasteiger partial charge < -0.3 is 10.2 Å². The maximum Gasteiger partial charge on any atom is 0.264 e. The van der Waals surface area contributed by atoms with Gasteiger partial charge in [0.2, 0.25) is 11.8 Å². The van der Waals surface area contributed by atoms with Crippen LogP contribution >= 0.6 is 34.8 Å². The Kier molecular flexibility index (Phi) is 12.1. The second-order valence-electron chi connectivity index (χ2n) is 12.0. The van der Waals surface area contributed by atoms with Crippen LogP contribution in [0.25, 0.3) is 0 Å². The zero-order valence-corrected chi connectivity index (χ0v) is 29.7. The van der Waals surface area contributed by atoms with Crippen molar-refractivity contribution in [3.63, 3.8) is 0 Å². The van der Waals surface area contributed by atoms with Crippen molar-refractivity contribution in [2.45, 2.75) is 69.0 Å². The maximum atomic E-state index is 14.7. The molecule has 1 N–H and O–H groups in total. The molecule has 1 atom stereocenters. The molecule has 1 fully saturated rings. The van der Waals surface area contributed by atoms with E-state index in [0.29, 0.717) is 15.6 Å². The van der Waals surface area contributed by atoms with Crippen molar-refractivity contribution in [3.05, 3.63) is 129 Å². The van der Waals surface area contributed by atoms with Crippen molar-refractivity contribution in [1.82, 2.24) is 10.2 Å². The van der Waals surface area contributed by atoms with Crippen LogP contribution in [0.5, 0.6) is 0 Å². The molecule has 0 aromatic heterocycles. The topological polar surface area (TPSA) is 86.8 Å². The number of amides is 2. The van der Waals surface area contributed by atoms with E-state index in [9.17, 15) is 18.0 Å².